The Kier molecular flexibility index (Phi) is 5.46. The first-order chi connectivity index (χ1) is 17.1. The van der Waals surface area contributed by atoms with E-state index in [2.05, 4.69) is 19.7 Å². The monoisotopic (exact) mass is 483 g/mol. The van der Waals surface area contributed by atoms with Gasteiger partial charge >= 0.3 is 0 Å². The molecule has 3 aromatic heterocycles. The van der Waals surface area contributed by atoms with Crippen molar-refractivity contribution in [3.63, 3.8) is 0 Å². The van der Waals surface area contributed by atoms with E-state index in [9.17, 15) is 4.79 Å². The van der Waals surface area contributed by atoms with E-state index in [1.165, 1.54) is 11.8 Å². The largest absolute Gasteiger partial charge is 0.454 e. The van der Waals surface area contributed by atoms with Crippen LogP contribution < -0.4 is 15.0 Å². The highest BCUT2D eigenvalue weighted by molar-refractivity contribution is 7.98. The van der Waals surface area contributed by atoms with Crippen LogP contribution in [0.2, 0.25) is 0 Å². The smallest absolute Gasteiger partial charge is 0.258 e. The average molecular weight is 484 g/mol. The first kappa shape index (κ1) is 21.4. The summed E-state index contributed by atoms with van der Waals surface area (Å²) >= 11 is 1.50. The third-order valence-electron chi connectivity index (χ3n) is 5.74. The van der Waals surface area contributed by atoms with Crippen LogP contribution >= 0.6 is 11.8 Å². The van der Waals surface area contributed by atoms with Gasteiger partial charge in [0.1, 0.15) is 5.65 Å². The number of benzene rings is 2. The fourth-order valence-electron chi connectivity index (χ4n) is 4.03. The Balaban J connectivity index is 1.33. The van der Waals surface area contributed by atoms with Gasteiger partial charge in [0.05, 0.1) is 12.2 Å². The van der Waals surface area contributed by atoms with Crippen molar-refractivity contribution in [3.8, 4) is 22.9 Å². The number of hydrogen-bond donors (Lipinski definition) is 0. The number of hydrogen-bond acceptors (Lipinski definition) is 7. The van der Waals surface area contributed by atoms with E-state index < -0.39 is 0 Å². The molecule has 8 nitrogen and oxygen atoms in total. The number of aryl methyl sites for hydroxylation is 1. The Hall–Kier alpha value is -4.11. The molecule has 0 aliphatic carbocycles. The van der Waals surface area contributed by atoms with E-state index >= 15 is 0 Å². The Morgan fingerprint density at radius 3 is 2.71 bits per heavy atom. The summed E-state index contributed by atoms with van der Waals surface area (Å²) in [6.07, 6.45) is 1.80. The van der Waals surface area contributed by atoms with Gasteiger partial charge in [0.25, 0.3) is 5.56 Å². The van der Waals surface area contributed by atoms with Crippen molar-refractivity contribution in [1.82, 2.24) is 24.1 Å². The van der Waals surface area contributed by atoms with Crippen molar-refractivity contribution in [2.45, 2.75) is 24.4 Å². The van der Waals surface area contributed by atoms with Crippen molar-refractivity contribution in [1.29, 1.82) is 0 Å². The molecule has 2 aromatic carbocycles. The lowest BCUT2D eigenvalue weighted by Gasteiger charge is -2.11. The zero-order valence-corrected chi connectivity index (χ0v) is 19.7. The van der Waals surface area contributed by atoms with E-state index in [4.69, 9.17) is 9.47 Å². The fraction of sp³-hybridized carbons (Fsp3) is 0.154. The van der Waals surface area contributed by atoms with Gasteiger partial charge in [-0.3, -0.25) is 13.8 Å². The molecule has 1 aliphatic heterocycles. The van der Waals surface area contributed by atoms with E-state index in [0.717, 1.165) is 39.2 Å². The van der Waals surface area contributed by atoms with Crippen molar-refractivity contribution in [3.05, 3.63) is 100 Å². The zero-order chi connectivity index (χ0) is 23.8. The Morgan fingerprint density at radius 1 is 0.971 bits per heavy atom. The molecule has 0 radical (unpaired) electrons. The molecule has 0 fully saturated rings. The van der Waals surface area contributed by atoms with Crippen LogP contribution in [0.1, 0.15) is 16.8 Å². The second-order valence-electron chi connectivity index (χ2n) is 8.26. The molecule has 6 rings (SSSR count). The van der Waals surface area contributed by atoms with Crippen molar-refractivity contribution >= 4 is 17.4 Å². The summed E-state index contributed by atoms with van der Waals surface area (Å²) in [7, 11) is 0. The highest BCUT2D eigenvalue weighted by atomic mass is 32.2. The average Bonchev–Trinajstić information content (AvgIpc) is 3.50. The van der Waals surface area contributed by atoms with E-state index in [1.807, 2.05) is 67.6 Å². The Labute approximate surface area is 205 Å². The second-order valence-corrected chi connectivity index (χ2v) is 9.20. The molecule has 0 N–H and O–H groups in total. The Bertz CT molecular complexity index is 1600. The number of pyridine rings is 1. The second kappa shape index (κ2) is 8.92. The van der Waals surface area contributed by atoms with E-state index in [1.54, 1.807) is 16.7 Å². The SMILES string of the molecule is Cc1ccc2nc(CSc3nnc(-c4ccccc4)n3Cc3ccc4c(c3)OCO4)cc(=O)n2c1. The molecule has 5 aromatic rings. The standard InChI is InChI=1S/C26H21N5O3S/c1-17-7-10-23-27-20(12-24(32)30(23)13-17)15-35-26-29-28-25(19-5-3-2-4-6-19)31(26)14-18-8-9-21-22(11-18)34-16-33-21/h2-13H,14-16H2,1H3. The highest BCUT2D eigenvalue weighted by Gasteiger charge is 2.18. The molecule has 0 amide bonds. The molecule has 0 bridgehead atoms. The van der Waals surface area contributed by atoms with Gasteiger partial charge in [-0.1, -0.05) is 54.2 Å². The highest BCUT2D eigenvalue weighted by Crippen LogP contribution is 2.34. The van der Waals surface area contributed by atoms with Crippen LogP contribution in [0.25, 0.3) is 17.0 Å². The van der Waals surface area contributed by atoms with Crippen LogP contribution in [0, 0.1) is 6.92 Å². The van der Waals surface area contributed by atoms with Gasteiger partial charge in [-0.15, -0.1) is 10.2 Å². The van der Waals surface area contributed by atoms with Gasteiger partial charge in [0.15, 0.2) is 22.5 Å². The first-order valence-electron chi connectivity index (χ1n) is 11.1. The minimum Gasteiger partial charge on any atom is -0.454 e. The lowest BCUT2D eigenvalue weighted by atomic mass is 10.2. The summed E-state index contributed by atoms with van der Waals surface area (Å²) in [6, 6.07) is 21.3. The lowest BCUT2D eigenvalue weighted by molar-refractivity contribution is 0.174. The number of aromatic nitrogens is 5. The van der Waals surface area contributed by atoms with Crippen LogP contribution in [-0.4, -0.2) is 30.9 Å². The molecular weight excluding hydrogens is 462 g/mol. The van der Waals surface area contributed by atoms with Crippen molar-refractivity contribution in [2.24, 2.45) is 0 Å². The van der Waals surface area contributed by atoms with Gasteiger partial charge in [-0.2, -0.15) is 0 Å². The minimum absolute atomic E-state index is 0.0962. The fourth-order valence-corrected chi connectivity index (χ4v) is 4.86. The number of thioether (sulfide) groups is 1. The summed E-state index contributed by atoms with van der Waals surface area (Å²) in [5, 5.41) is 9.72. The van der Waals surface area contributed by atoms with Gasteiger partial charge in [0, 0.05) is 23.6 Å². The molecule has 1 aliphatic rings. The molecule has 0 saturated heterocycles. The zero-order valence-electron chi connectivity index (χ0n) is 18.9. The van der Waals surface area contributed by atoms with Gasteiger partial charge in [-0.05, 0) is 36.2 Å². The number of ether oxygens (including phenoxy) is 2. The summed E-state index contributed by atoms with van der Waals surface area (Å²) < 4.78 is 14.6. The molecule has 174 valence electrons. The topological polar surface area (TPSA) is 83.5 Å². The minimum atomic E-state index is -0.0962. The summed E-state index contributed by atoms with van der Waals surface area (Å²) in [4.78, 5) is 17.3. The van der Waals surface area contributed by atoms with Gasteiger partial charge in [0.2, 0.25) is 6.79 Å². The molecule has 0 spiro atoms. The van der Waals surface area contributed by atoms with E-state index in [-0.39, 0.29) is 12.4 Å². The summed E-state index contributed by atoms with van der Waals surface area (Å²) in [6.45, 7) is 2.75. The van der Waals surface area contributed by atoms with Crippen LogP contribution in [0.3, 0.4) is 0 Å². The molecule has 0 unspecified atom stereocenters. The van der Waals surface area contributed by atoms with Crippen molar-refractivity contribution in [2.75, 3.05) is 6.79 Å². The normalized spacial score (nSPS) is 12.4. The summed E-state index contributed by atoms with van der Waals surface area (Å²) in [5.41, 5.74) is 4.26. The third kappa shape index (κ3) is 4.26. The van der Waals surface area contributed by atoms with Crippen molar-refractivity contribution < 1.29 is 9.47 Å². The maximum atomic E-state index is 12.6. The van der Waals surface area contributed by atoms with Gasteiger partial charge < -0.3 is 9.47 Å². The molecule has 0 atom stereocenters. The van der Waals surface area contributed by atoms with Crippen LogP contribution in [0.5, 0.6) is 11.5 Å². The molecular formula is C26H21N5O3S. The predicted octanol–water partition coefficient (Wildman–Crippen LogP) is 4.33. The molecule has 4 heterocycles. The number of nitrogens with zero attached hydrogens (tertiary/aromatic N) is 5. The maximum absolute atomic E-state index is 12.6. The third-order valence-corrected chi connectivity index (χ3v) is 6.74. The maximum Gasteiger partial charge on any atom is 0.258 e. The molecule has 0 saturated carbocycles. The van der Waals surface area contributed by atoms with E-state index in [0.29, 0.717) is 23.6 Å². The quantitative estimate of drug-likeness (QED) is 0.333. The lowest BCUT2D eigenvalue weighted by Crippen LogP contribution is -2.15. The van der Waals surface area contributed by atoms with Crippen LogP contribution in [0.4, 0.5) is 0 Å². The Morgan fingerprint density at radius 2 is 1.83 bits per heavy atom. The molecule has 9 heteroatoms. The number of rotatable bonds is 6. The van der Waals surface area contributed by atoms with Crippen LogP contribution in [-0.2, 0) is 12.3 Å². The first-order valence-corrected chi connectivity index (χ1v) is 12.1. The van der Waals surface area contributed by atoms with Gasteiger partial charge in [-0.25, -0.2) is 4.98 Å². The van der Waals surface area contributed by atoms with Crippen LogP contribution in [0.15, 0.2) is 82.9 Å². The molecule has 35 heavy (non-hydrogen) atoms. The summed E-state index contributed by atoms with van der Waals surface area (Å²) in [5.74, 6) is 2.75. The number of fused-ring (bicyclic) bond motifs is 2. The predicted molar refractivity (Wildman–Crippen MR) is 133 cm³/mol.